The number of rotatable bonds is 6. The van der Waals surface area contributed by atoms with E-state index in [9.17, 15) is 9.59 Å². The van der Waals surface area contributed by atoms with Crippen molar-refractivity contribution in [2.75, 3.05) is 11.9 Å². The molecule has 0 aliphatic heterocycles. The van der Waals surface area contributed by atoms with Gasteiger partial charge in [0.15, 0.2) is 0 Å². The number of aromatic nitrogens is 1. The Bertz CT molecular complexity index is 792. The van der Waals surface area contributed by atoms with Crippen LogP contribution in [0.25, 0.3) is 0 Å². The fourth-order valence-electron chi connectivity index (χ4n) is 2.10. The monoisotopic (exact) mass is 336 g/mol. The first-order chi connectivity index (χ1) is 12.0. The lowest BCUT2D eigenvalue weighted by Gasteiger charge is -2.08. The molecular weight excluding hydrogens is 316 g/mol. The van der Waals surface area contributed by atoms with E-state index in [1.807, 2.05) is 6.07 Å². The first-order valence-corrected chi connectivity index (χ1v) is 8.05. The van der Waals surface area contributed by atoms with Crippen LogP contribution in [-0.4, -0.2) is 23.3 Å². The molecule has 0 saturated carbocycles. The predicted molar refractivity (Wildman–Crippen MR) is 95.1 cm³/mol. The molecule has 1 aromatic carbocycles. The second-order valence-electron chi connectivity index (χ2n) is 6.01. The molecule has 0 saturated heterocycles. The minimum Gasteiger partial charge on any atom is -0.352 e. The predicted octanol–water partition coefficient (Wildman–Crippen LogP) is 2.98. The van der Waals surface area contributed by atoms with Crippen molar-refractivity contribution in [2.45, 2.75) is 20.3 Å². The average Bonchev–Trinajstić information content (AvgIpc) is 2.62. The van der Waals surface area contributed by atoms with E-state index < -0.39 is 5.91 Å². The van der Waals surface area contributed by atoms with Crippen molar-refractivity contribution in [3.8, 4) is 6.07 Å². The zero-order chi connectivity index (χ0) is 18.2. The van der Waals surface area contributed by atoms with Gasteiger partial charge in [-0.1, -0.05) is 13.8 Å². The molecule has 25 heavy (non-hydrogen) atoms. The number of amides is 2. The molecule has 0 unspecified atom stereocenters. The van der Waals surface area contributed by atoms with E-state index in [1.165, 1.54) is 12.3 Å². The van der Waals surface area contributed by atoms with Gasteiger partial charge >= 0.3 is 0 Å². The minimum atomic E-state index is -0.415. The van der Waals surface area contributed by atoms with Gasteiger partial charge in [0.2, 0.25) is 0 Å². The number of nitrogens with zero attached hydrogens (tertiary/aromatic N) is 2. The molecule has 0 fully saturated rings. The maximum atomic E-state index is 12.3. The number of hydrogen-bond donors (Lipinski definition) is 2. The first-order valence-electron chi connectivity index (χ1n) is 8.05. The fraction of sp³-hybridized carbons (Fsp3) is 0.263. The summed E-state index contributed by atoms with van der Waals surface area (Å²) < 4.78 is 0. The molecule has 0 aliphatic carbocycles. The number of benzene rings is 1. The van der Waals surface area contributed by atoms with E-state index in [1.54, 1.807) is 30.3 Å². The fourth-order valence-corrected chi connectivity index (χ4v) is 2.10. The molecule has 0 bridgehead atoms. The lowest BCUT2D eigenvalue weighted by molar-refractivity contribution is 0.0952. The summed E-state index contributed by atoms with van der Waals surface area (Å²) in [6.45, 7) is 4.76. The number of anilines is 1. The molecular formula is C19H20N4O2. The number of carbonyl (C=O) groups is 2. The van der Waals surface area contributed by atoms with E-state index in [0.717, 1.165) is 6.42 Å². The third kappa shape index (κ3) is 5.43. The van der Waals surface area contributed by atoms with Crippen LogP contribution in [0.15, 0.2) is 42.6 Å². The van der Waals surface area contributed by atoms with Crippen LogP contribution in [0, 0.1) is 17.2 Å². The molecule has 128 valence electrons. The van der Waals surface area contributed by atoms with E-state index >= 15 is 0 Å². The highest BCUT2D eigenvalue weighted by molar-refractivity contribution is 6.04. The largest absolute Gasteiger partial charge is 0.352 e. The molecule has 6 nitrogen and oxygen atoms in total. The SMILES string of the molecule is CC(C)CCNC(=O)c1ccnc(C(=O)Nc2ccc(C#N)cc2)c1. The number of carbonyl (C=O) groups excluding carboxylic acids is 2. The normalized spacial score (nSPS) is 10.2. The van der Waals surface area contributed by atoms with Gasteiger partial charge in [-0.25, -0.2) is 0 Å². The quantitative estimate of drug-likeness (QED) is 0.848. The van der Waals surface area contributed by atoms with Gasteiger partial charge in [-0.3, -0.25) is 14.6 Å². The van der Waals surface area contributed by atoms with Crippen LogP contribution >= 0.6 is 0 Å². The lowest BCUT2D eigenvalue weighted by Crippen LogP contribution is -2.26. The summed E-state index contributed by atoms with van der Waals surface area (Å²) in [7, 11) is 0. The molecule has 0 atom stereocenters. The van der Waals surface area contributed by atoms with E-state index in [0.29, 0.717) is 29.3 Å². The van der Waals surface area contributed by atoms with Gasteiger partial charge < -0.3 is 10.6 Å². The van der Waals surface area contributed by atoms with Crippen LogP contribution < -0.4 is 10.6 Å². The van der Waals surface area contributed by atoms with Crippen LogP contribution in [0.1, 0.15) is 46.7 Å². The van der Waals surface area contributed by atoms with Crippen LogP contribution in [-0.2, 0) is 0 Å². The van der Waals surface area contributed by atoms with Gasteiger partial charge in [-0.05, 0) is 48.7 Å². The van der Waals surface area contributed by atoms with Gasteiger partial charge in [-0.2, -0.15) is 5.26 Å². The van der Waals surface area contributed by atoms with Gasteiger partial charge in [0.05, 0.1) is 11.6 Å². The van der Waals surface area contributed by atoms with Crippen LogP contribution in [0.4, 0.5) is 5.69 Å². The van der Waals surface area contributed by atoms with Gasteiger partial charge in [0, 0.05) is 24.0 Å². The topological polar surface area (TPSA) is 94.9 Å². The maximum Gasteiger partial charge on any atom is 0.274 e. The van der Waals surface area contributed by atoms with Crippen molar-refractivity contribution >= 4 is 17.5 Å². The summed E-state index contributed by atoms with van der Waals surface area (Å²) in [5, 5.41) is 14.3. The van der Waals surface area contributed by atoms with Crippen LogP contribution in [0.2, 0.25) is 0 Å². The number of nitrogens with one attached hydrogen (secondary N) is 2. The smallest absolute Gasteiger partial charge is 0.274 e. The molecule has 0 aliphatic rings. The van der Waals surface area contributed by atoms with Crippen molar-refractivity contribution in [1.82, 2.24) is 10.3 Å². The molecule has 1 heterocycles. The third-order valence-electron chi connectivity index (χ3n) is 3.53. The maximum absolute atomic E-state index is 12.3. The molecule has 2 amide bonds. The van der Waals surface area contributed by atoms with E-state index in [4.69, 9.17) is 5.26 Å². The van der Waals surface area contributed by atoms with Crippen molar-refractivity contribution < 1.29 is 9.59 Å². The van der Waals surface area contributed by atoms with E-state index in [-0.39, 0.29) is 11.6 Å². The summed E-state index contributed by atoms with van der Waals surface area (Å²) >= 11 is 0. The second kappa shape index (κ2) is 8.60. The number of nitriles is 1. The highest BCUT2D eigenvalue weighted by Gasteiger charge is 2.12. The third-order valence-corrected chi connectivity index (χ3v) is 3.53. The summed E-state index contributed by atoms with van der Waals surface area (Å²) in [5.74, 6) is -0.136. The van der Waals surface area contributed by atoms with Crippen molar-refractivity contribution in [2.24, 2.45) is 5.92 Å². The molecule has 0 spiro atoms. The number of hydrogen-bond acceptors (Lipinski definition) is 4. The Labute approximate surface area is 146 Å². The van der Waals surface area contributed by atoms with Crippen molar-refractivity contribution in [3.63, 3.8) is 0 Å². The molecule has 2 rings (SSSR count). The Morgan fingerprint density at radius 2 is 1.88 bits per heavy atom. The van der Waals surface area contributed by atoms with Crippen molar-refractivity contribution in [3.05, 3.63) is 59.4 Å². The minimum absolute atomic E-state index is 0.154. The zero-order valence-electron chi connectivity index (χ0n) is 14.2. The zero-order valence-corrected chi connectivity index (χ0v) is 14.2. The Kier molecular flexibility index (Phi) is 6.24. The van der Waals surface area contributed by atoms with Gasteiger partial charge in [0.25, 0.3) is 11.8 Å². The second-order valence-corrected chi connectivity index (χ2v) is 6.01. The van der Waals surface area contributed by atoms with Gasteiger partial charge in [0.1, 0.15) is 5.69 Å². The van der Waals surface area contributed by atoms with Gasteiger partial charge in [-0.15, -0.1) is 0 Å². The standard InChI is InChI=1S/C19H20N4O2/c1-13(2)7-9-22-18(24)15-8-10-21-17(11-15)19(25)23-16-5-3-14(12-20)4-6-16/h3-6,8,10-11,13H,7,9H2,1-2H3,(H,22,24)(H,23,25). The average molecular weight is 336 g/mol. The van der Waals surface area contributed by atoms with Crippen LogP contribution in [0.5, 0.6) is 0 Å². The summed E-state index contributed by atoms with van der Waals surface area (Å²) in [5.41, 5.74) is 1.61. The molecule has 1 aromatic heterocycles. The molecule has 0 radical (unpaired) electrons. The van der Waals surface area contributed by atoms with Crippen molar-refractivity contribution in [1.29, 1.82) is 5.26 Å². The summed E-state index contributed by atoms with van der Waals surface area (Å²) in [6.07, 6.45) is 2.33. The highest BCUT2D eigenvalue weighted by atomic mass is 16.2. The Balaban J connectivity index is 2.02. The lowest BCUT2D eigenvalue weighted by atomic mass is 10.1. The number of pyridine rings is 1. The Morgan fingerprint density at radius 3 is 2.52 bits per heavy atom. The molecule has 2 N–H and O–H groups in total. The van der Waals surface area contributed by atoms with Crippen LogP contribution in [0.3, 0.4) is 0 Å². The first kappa shape index (κ1) is 18.1. The van der Waals surface area contributed by atoms with E-state index in [2.05, 4.69) is 29.5 Å². The summed E-state index contributed by atoms with van der Waals surface area (Å²) in [6, 6.07) is 11.5. The summed E-state index contributed by atoms with van der Waals surface area (Å²) in [4.78, 5) is 28.4. The molecule has 2 aromatic rings. The Hall–Kier alpha value is -3.20. The highest BCUT2D eigenvalue weighted by Crippen LogP contribution is 2.11. The Morgan fingerprint density at radius 1 is 1.16 bits per heavy atom. The molecule has 6 heteroatoms.